The van der Waals surface area contributed by atoms with E-state index in [1.807, 2.05) is 93.6 Å². The average molecular weight is 608 g/mol. The molecule has 9 heteroatoms. The van der Waals surface area contributed by atoms with Crippen molar-refractivity contribution in [1.82, 2.24) is 9.55 Å². The number of aliphatic hydroxyl groups is 2. The monoisotopic (exact) mass is 606 g/mol. The van der Waals surface area contributed by atoms with E-state index in [0.717, 1.165) is 37.9 Å². The number of nitrogens with zero attached hydrogens (tertiary/aromatic N) is 1. The van der Waals surface area contributed by atoms with Crippen molar-refractivity contribution in [1.29, 1.82) is 0 Å². The first kappa shape index (κ1) is 28.2. The topological polar surface area (TPSA) is 114 Å². The molecule has 40 heavy (non-hydrogen) atoms. The number of H-pyrrole nitrogens is 1. The van der Waals surface area contributed by atoms with Crippen LogP contribution in [0, 0.1) is 20.8 Å². The molecule has 0 aliphatic carbocycles. The second kappa shape index (κ2) is 11.3. The summed E-state index contributed by atoms with van der Waals surface area (Å²) in [7, 11) is 0. The maximum absolute atomic E-state index is 12.5. The summed E-state index contributed by atoms with van der Waals surface area (Å²) in [4.78, 5) is 26.5. The van der Waals surface area contributed by atoms with E-state index >= 15 is 0 Å². The lowest BCUT2D eigenvalue weighted by atomic mass is 9.79. The summed E-state index contributed by atoms with van der Waals surface area (Å²) in [5.41, 5.74) is 3.52. The Kier molecular flexibility index (Phi) is 7.94. The first-order chi connectivity index (χ1) is 19.1. The lowest BCUT2D eigenvalue weighted by Crippen LogP contribution is -2.40. The van der Waals surface area contributed by atoms with Crippen LogP contribution in [0.1, 0.15) is 39.6 Å². The number of hydrogen-bond donors (Lipinski definition) is 3. The lowest BCUT2D eigenvalue weighted by molar-refractivity contribution is -0.0959. The number of ether oxygens (including phenoxy) is 2. The predicted octanol–water partition coefficient (Wildman–Crippen LogP) is 3.85. The average Bonchev–Trinajstić information content (AvgIpc) is 3.22. The van der Waals surface area contributed by atoms with Crippen LogP contribution >= 0.6 is 15.9 Å². The fourth-order valence-electron chi connectivity index (χ4n) is 5.07. The third-order valence-electron chi connectivity index (χ3n) is 7.37. The number of aryl methyl sites for hydroxylation is 3. The number of aromatic amines is 1. The molecule has 208 valence electrons. The second-order valence-corrected chi connectivity index (χ2v) is 11.1. The Balaban J connectivity index is 1.56. The van der Waals surface area contributed by atoms with Gasteiger partial charge in [0.1, 0.15) is 23.9 Å². The molecule has 0 unspecified atom stereocenters. The van der Waals surface area contributed by atoms with Gasteiger partial charge in [-0.25, -0.2) is 4.79 Å². The van der Waals surface area contributed by atoms with Crippen molar-refractivity contribution in [2.75, 3.05) is 6.61 Å². The highest BCUT2D eigenvalue weighted by Gasteiger charge is 2.46. The SMILES string of the molecule is Cc1ccc(C(OC[C@@H]2O[C@H](n3cc(Br)c(=O)[nH]c3=O)[C@@H](O)[C@@H]2O)(c2ccc(C)cc2)c2ccc(C)cc2)cc1. The number of aliphatic hydroxyl groups excluding tert-OH is 2. The van der Waals surface area contributed by atoms with Gasteiger partial charge >= 0.3 is 5.69 Å². The van der Waals surface area contributed by atoms with Gasteiger partial charge in [0.2, 0.25) is 0 Å². The zero-order chi connectivity index (χ0) is 28.6. The third-order valence-corrected chi connectivity index (χ3v) is 7.94. The number of halogens is 1. The van der Waals surface area contributed by atoms with Crippen LogP contribution < -0.4 is 11.2 Å². The molecule has 1 saturated heterocycles. The Hall–Kier alpha value is -3.34. The molecule has 0 bridgehead atoms. The van der Waals surface area contributed by atoms with E-state index in [1.165, 1.54) is 6.20 Å². The van der Waals surface area contributed by atoms with Gasteiger partial charge < -0.3 is 19.7 Å². The molecule has 5 rings (SSSR count). The minimum Gasteiger partial charge on any atom is -0.387 e. The molecule has 0 saturated carbocycles. The quantitative estimate of drug-likeness (QED) is 0.275. The zero-order valence-electron chi connectivity index (χ0n) is 22.4. The number of rotatable bonds is 7. The number of aromatic nitrogens is 2. The number of nitrogens with one attached hydrogen (secondary N) is 1. The van der Waals surface area contributed by atoms with Crippen LogP contribution in [0.4, 0.5) is 0 Å². The molecular weight excluding hydrogens is 576 g/mol. The molecule has 3 N–H and O–H groups in total. The highest BCUT2D eigenvalue weighted by molar-refractivity contribution is 9.10. The first-order valence-corrected chi connectivity index (χ1v) is 13.8. The summed E-state index contributed by atoms with van der Waals surface area (Å²) < 4.78 is 14.0. The summed E-state index contributed by atoms with van der Waals surface area (Å²) in [5, 5.41) is 21.8. The van der Waals surface area contributed by atoms with Crippen LogP contribution in [0.5, 0.6) is 0 Å². The second-order valence-electron chi connectivity index (χ2n) is 10.3. The van der Waals surface area contributed by atoms with Gasteiger partial charge in [-0.15, -0.1) is 0 Å². The summed E-state index contributed by atoms with van der Waals surface area (Å²) in [6.07, 6.45) is -3.75. The Morgan fingerprint density at radius 1 is 0.825 bits per heavy atom. The van der Waals surface area contributed by atoms with Crippen molar-refractivity contribution in [3.8, 4) is 0 Å². The maximum atomic E-state index is 12.5. The van der Waals surface area contributed by atoms with Gasteiger partial charge in [0, 0.05) is 6.20 Å². The van der Waals surface area contributed by atoms with E-state index in [-0.39, 0.29) is 11.1 Å². The molecule has 8 nitrogen and oxygen atoms in total. The van der Waals surface area contributed by atoms with Crippen LogP contribution in [0.25, 0.3) is 0 Å². The fourth-order valence-corrected chi connectivity index (χ4v) is 5.39. The molecule has 2 heterocycles. The lowest BCUT2D eigenvalue weighted by Gasteiger charge is -2.37. The van der Waals surface area contributed by atoms with E-state index in [9.17, 15) is 19.8 Å². The summed E-state index contributed by atoms with van der Waals surface area (Å²) in [6.45, 7) is 5.95. The third kappa shape index (κ3) is 5.23. The van der Waals surface area contributed by atoms with Gasteiger partial charge in [-0.05, 0) is 53.4 Å². The molecule has 0 amide bonds. The largest absolute Gasteiger partial charge is 0.387 e. The van der Waals surface area contributed by atoms with E-state index in [4.69, 9.17) is 9.47 Å². The minimum atomic E-state index is -1.43. The van der Waals surface area contributed by atoms with Crippen molar-refractivity contribution < 1.29 is 19.7 Å². The van der Waals surface area contributed by atoms with Gasteiger partial charge in [-0.1, -0.05) is 89.5 Å². The Bertz CT molecular complexity index is 1480. The highest BCUT2D eigenvalue weighted by Crippen LogP contribution is 2.42. The maximum Gasteiger partial charge on any atom is 0.330 e. The standard InChI is InChI=1S/C31H31BrN2O6/c1-18-4-10-21(11-5-18)31(22-12-6-19(2)7-13-22,23-14-8-20(3)9-15-23)39-17-25-26(35)27(36)29(40-25)34-16-24(32)28(37)33-30(34)38/h4-16,25-27,29,35-36H,17H2,1-3H3,(H,33,37,38)/t25-,26+,27-,29-/m0/s1. The van der Waals surface area contributed by atoms with Crippen LogP contribution in [-0.2, 0) is 15.1 Å². The number of hydrogen-bond acceptors (Lipinski definition) is 6. The van der Waals surface area contributed by atoms with Crippen molar-refractivity contribution in [3.05, 3.63) is 138 Å². The van der Waals surface area contributed by atoms with Gasteiger partial charge in [-0.3, -0.25) is 14.3 Å². The first-order valence-electron chi connectivity index (χ1n) is 13.0. The fraction of sp³-hybridized carbons (Fsp3) is 0.290. The smallest absolute Gasteiger partial charge is 0.330 e. The molecular formula is C31H31BrN2O6. The molecule has 1 aromatic heterocycles. The van der Waals surface area contributed by atoms with Crippen LogP contribution in [0.3, 0.4) is 0 Å². The minimum absolute atomic E-state index is 0.0919. The molecule has 4 aromatic rings. The van der Waals surface area contributed by atoms with Gasteiger partial charge in [0.05, 0.1) is 11.1 Å². The Morgan fingerprint density at radius 2 is 1.27 bits per heavy atom. The Morgan fingerprint density at radius 3 is 1.73 bits per heavy atom. The summed E-state index contributed by atoms with van der Waals surface area (Å²) in [6, 6.07) is 24.3. The molecule has 0 radical (unpaired) electrons. The molecule has 1 fully saturated rings. The van der Waals surface area contributed by atoms with Crippen LogP contribution in [0.2, 0.25) is 0 Å². The molecule has 0 spiro atoms. The molecule has 1 aliphatic rings. The molecule has 4 atom stereocenters. The van der Waals surface area contributed by atoms with Crippen molar-refractivity contribution in [2.45, 2.75) is 50.9 Å². The van der Waals surface area contributed by atoms with Crippen LogP contribution in [0.15, 0.2) is 93.1 Å². The van der Waals surface area contributed by atoms with Crippen molar-refractivity contribution in [2.24, 2.45) is 0 Å². The summed E-state index contributed by atoms with van der Waals surface area (Å²) >= 11 is 3.10. The van der Waals surface area contributed by atoms with Gasteiger partial charge in [0.15, 0.2) is 6.23 Å². The normalized spacial score (nSPS) is 21.1. The summed E-state index contributed by atoms with van der Waals surface area (Å²) in [5.74, 6) is 0. The van der Waals surface area contributed by atoms with Gasteiger partial charge in [0.25, 0.3) is 5.56 Å². The highest BCUT2D eigenvalue weighted by atomic mass is 79.9. The van der Waals surface area contributed by atoms with Crippen molar-refractivity contribution in [3.63, 3.8) is 0 Å². The van der Waals surface area contributed by atoms with Crippen LogP contribution in [-0.4, -0.2) is 44.7 Å². The van der Waals surface area contributed by atoms with E-state index in [0.29, 0.717) is 0 Å². The van der Waals surface area contributed by atoms with E-state index in [2.05, 4.69) is 20.9 Å². The van der Waals surface area contributed by atoms with Crippen molar-refractivity contribution >= 4 is 15.9 Å². The molecule has 1 aliphatic heterocycles. The van der Waals surface area contributed by atoms with E-state index < -0.39 is 41.4 Å². The van der Waals surface area contributed by atoms with E-state index in [1.54, 1.807) is 0 Å². The zero-order valence-corrected chi connectivity index (χ0v) is 24.0. The molecule has 3 aromatic carbocycles. The predicted molar refractivity (Wildman–Crippen MR) is 154 cm³/mol. The number of benzene rings is 3. The van der Waals surface area contributed by atoms with Gasteiger partial charge in [-0.2, -0.15) is 0 Å². The Labute approximate surface area is 240 Å².